The molecule has 4 rings (SSSR count). The average Bonchev–Trinajstić information content (AvgIpc) is 3.03. The van der Waals surface area contributed by atoms with E-state index in [0.717, 1.165) is 17.6 Å². The van der Waals surface area contributed by atoms with Crippen molar-refractivity contribution >= 4 is 5.97 Å². The number of carbonyl (C=O) groups is 1. The zero-order valence-electron chi connectivity index (χ0n) is 24.0. The summed E-state index contributed by atoms with van der Waals surface area (Å²) in [6.45, 7) is 25.3. The lowest BCUT2D eigenvalue weighted by Crippen LogP contribution is -2.65. The van der Waals surface area contributed by atoms with Gasteiger partial charge in [0.05, 0.1) is 35.4 Å². The van der Waals surface area contributed by atoms with Crippen LogP contribution in [-0.4, -0.2) is 39.0 Å². The van der Waals surface area contributed by atoms with E-state index >= 15 is 0 Å². The van der Waals surface area contributed by atoms with Crippen LogP contribution in [0.15, 0.2) is 35.5 Å². The van der Waals surface area contributed by atoms with Crippen LogP contribution in [0.5, 0.6) is 0 Å². The van der Waals surface area contributed by atoms with Crippen molar-refractivity contribution in [1.29, 1.82) is 0 Å². The lowest BCUT2D eigenvalue weighted by molar-refractivity contribution is -0.146. The molecule has 0 aromatic rings. The third-order valence-electron chi connectivity index (χ3n) is 12.3. The fourth-order valence-corrected chi connectivity index (χ4v) is 9.07. The Morgan fingerprint density at radius 3 is 2.30 bits per heavy atom. The normalized spacial score (nSPS) is 43.0. The van der Waals surface area contributed by atoms with E-state index in [1.165, 1.54) is 5.57 Å². The Kier molecular flexibility index (Phi) is 6.70. The molecule has 0 aromatic heterocycles. The second kappa shape index (κ2) is 8.82. The first kappa shape index (κ1) is 28.1. The molecule has 204 valence electrons. The van der Waals surface area contributed by atoms with Gasteiger partial charge in [-0.3, -0.25) is 4.79 Å². The Bertz CT molecular complexity index is 1090. The SMILES string of the molecule is C#[N+][C@@]12CC=C3C(=CC[C@]4(C)[C@@H]([C@H](CCC(=C)C(C)C)C(=O)O)C[C@H](O)[C@@]34C)[C@@]1(C)CC[C@H](O)C2(C)C. The van der Waals surface area contributed by atoms with Crippen molar-refractivity contribution in [1.82, 2.24) is 0 Å². The van der Waals surface area contributed by atoms with E-state index in [1.807, 2.05) is 0 Å². The minimum absolute atomic E-state index is 0.146. The van der Waals surface area contributed by atoms with Gasteiger partial charge in [-0.05, 0) is 87.7 Å². The summed E-state index contributed by atoms with van der Waals surface area (Å²) in [6, 6.07) is 0. The molecular weight excluding hydrogens is 462 g/mol. The molecule has 0 unspecified atom stereocenters. The fraction of sp³-hybridized carbons (Fsp3) is 0.750. The molecule has 0 aromatic carbocycles. The van der Waals surface area contributed by atoms with Gasteiger partial charge in [0, 0.05) is 5.41 Å². The summed E-state index contributed by atoms with van der Waals surface area (Å²) in [5.74, 6) is -1.13. The highest BCUT2D eigenvalue weighted by Crippen LogP contribution is 2.73. The van der Waals surface area contributed by atoms with Gasteiger partial charge in [0.15, 0.2) is 0 Å². The van der Waals surface area contributed by atoms with Crippen LogP contribution >= 0.6 is 0 Å². The average molecular weight is 511 g/mol. The van der Waals surface area contributed by atoms with Gasteiger partial charge < -0.3 is 15.3 Å². The molecular formula is C32H48NO4+. The van der Waals surface area contributed by atoms with Crippen molar-refractivity contribution in [3.8, 4) is 6.57 Å². The summed E-state index contributed by atoms with van der Waals surface area (Å²) < 4.78 is 0. The second-order valence-electron chi connectivity index (χ2n) is 14.0. The number of aliphatic hydroxyl groups excluding tert-OH is 2. The highest BCUT2D eigenvalue weighted by atomic mass is 16.4. The molecule has 5 nitrogen and oxygen atoms in total. The number of fused-ring (bicyclic) bond motifs is 5. The molecule has 3 N–H and O–H groups in total. The van der Waals surface area contributed by atoms with Crippen LogP contribution in [-0.2, 0) is 4.79 Å². The molecule has 0 heterocycles. The van der Waals surface area contributed by atoms with Gasteiger partial charge in [-0.15, -0.1) is 0 Å². The third-order valence-corrected chi connectivity index (χ3v) is 12.3. The number of aliphatic hydroxyl groups is 2. The van der Waals surface area contributed by atoms with E-state index in [-0.39, 0.29) is 11.3 Å². The maximum atomic E-state index is 12.6. The van der Waals surface area contributed by atoms with Gasteiger partial charge in [-0.2, -0.15) is 0 Å². The molecule has 4 aliphatic rings. The summed E-state index contributed by atoms with van der Waals surface area (Å²) in [6.07, 6.45) is 7.82. The first-order chi connectivity index (χ1) is 17.0. The number of hydrogen-bond donors (Lipinski definition) is 3. The fourth-order valence-electron chi connectivity index (χ4n) is 9.07. The summed E-state index contributed by atoms with van der Waals surface area (Å²) in [7, 11) is 0. The highest BCUT2D eigenvalue weighted by Gasteiger charge is 2.75. The van der Waals surface area contributed by atoms with Crippen molar-refractivity contribution in [2.24, 2.45) is 39.4 Å². The van der Waals surface area contributed by atoms with E-state index in [0.29, 0.717) is 44.4 Å². The van der Waals surface area contributed by atoms with E-state index < -0.39 is 45.9 Å². The van der Waals surface area contributed by atoms with Crippen LogP contribution in [0.3, 0.4) is 0 Å². The van der Waals surface area contributed by atoms with Crippen LogP contribution in [0.2, 0.25) is 0 Å². The number of rotatable bonds is 6. The smallest absolute Gasteiger partial charge is 0.306 e. The minimum Gasteiger partial charge on any atom is -0.481 e. The molecule has 0 saturated heterocycles. The highest BCUT2D eigenvalue weighted by molar-refractivity contribution is 5.71. The van der Waals surface area contributed by atoms with Crippen LogP contribution in [0.25, 0.3) is 4.85 Å². The standard InChI is InChI=1S/C32H47NO4/c1-19(2)20(3)10-11-21(27(36)37)24-18-26(35)31(8)23-13-17-32(33-9)28(4,5)25(34)14-16-30(32,7)22(23)12-15-29(24,31)6/h9,12-13,19,21,24-26,34-35H,3,10-11,14-18H2,1-2,4-8H3/p+1/t21-,24+,25-,26-,29+,30+,31+,32+/m0/s1. The molecule has 37 heavy (non-hydrogen) atoms. The zero-order valence-corrected chi connectivity index (χ0v) is 24.0. The van der Waals surface area contributed by atoms with Crippen molar-refractivity contribution in [3.05, 3.63) is 40.3 Å². The van der Waals surface area contributed by atoms with Crippen molar-refractivity contribution in [2.45, 2.75) is 111 Å². The van der Waals surface area contributed by atoms with Crippen LogP contribution in [0.1, 0.15) is 93.4 Å². The Balaban J connectivity index is 1.79. The Morgan fingerprint density at radius 1 is 1.11 bits per heavy atom. The topological polar surface area (TPSA) is 82.1 Å². The van der Waals surface area contributed by atoms with Gasteiger partial charge in [0.25, 0.3) is 6.57 Å². The number of aliphatic carboxylic acids is 1. The van der Waals surface area contributed by atoms with Gasteiger partial charge in [0.2, 0.25) is 0 Å². The van der Waals surface area contributed by atoms with Gasteiger partial charge in [-0.25, -0.2) is 0 Å². The molecule has 2 saturated carbocycles. The van der Waals surface area contributed by atoms with E-state index in [2.05, 4.69) is 72.0 Å². The van der Waals surface area contributed by atoms with Crippen LogP contribution < -0.4 is 0 Å². The molecule has 2 fully saturated rings. The molecule has 5 heteroatoms. The minimum atomic E-state index is -0.775. The maximum Gasteiger partial charge on any atom is 0.306 e. The first-order valence-electron chi connectivity index (χ1n) is 14.2. The molecule has 0 aliphatic heterocycles. The van der Waals surface area contributed by atoms with Gasteiger partial charge in [0.1, 0.15) is 0 Å². The van der Waals surface area contributed by atoms with Gasteiger partial charge >= 0.3 is 11.5 Å². The van der Waals surface area contributed by atoms with Gasteiger partial charge in [-0.1, -0.05) is 56.8 Å². The first-order valence-corrected chi connectivity index (χ1v) is 14.2. The predicted octanol–water partition coefficient (Wildman–Crippen LogP) is 6.62. The van der Waals surface area contributed by atoms with Crippen LogP contribution in [0.4, 0.5) is 0 Å². The lowest BCUT2D eigenvalue weighted by Gasteiger charge is -2.60. The van der Waals surface area contributed by atoms with E-state index in [1.54, 1.807) is 0 Å². The van der Waals surface area contributed by atoms with Crippen molar-refractivity contribution < 1.29 is 20.1 Å². The molecule has 0 radical (unpaired) electrons. The Hall–Kier alpha value is -1.90. The van der Waals surface area contributed by atoms with Crippen molar-refractivity contribution in [3.63, 3.8) is 0 Å². The van der Waals surface area contributed by atoms with E-state index in [4.69, 9.17) is 6.57 Å². The molecule has 0 spiro atoms. The molecule has 0 amide bonds. The number of allylic oxidation sites excluding steroid dienone is 2. The zero-order chi connectivity index (χ0) is 27.8. The molecule has 0 bridgehead atoms. The monoisotopic (exact) mass is 510 g/mol. The second-order valence-corrected chi connectivity index (χ2v) is 14.0. The Labute approximate surface area is 223 Å². The summed E-state index contributed by atoms with van der Waals surface area (Å²) in [4.78, 5) is 17.1. The predicted molar refractivity (Wildman–Crippen MR) is 148 cm³/mol. The number of carboxylic acids is 1. The summed E-state index contributed by atoms with van der Waals surface area (Å²) >= 11 is 0. The largest absolute Gasteiger partial charge is 0.481 e. The van der Waals surface area contributed by atoms with Crippen LogP contribution in [0, 0.1) is 46.0 Å². The summed E-state index contributed by atoms with van der Waals surface area (Å²) in [5.41, 5.74) is 0.893. The lowest BCUT2D eigenvalue weighted by atomic mass is 9.41. The quantitative estimate of drug-likeness (QED) is 0.351. The number of hydrogen-bond acceptors (Lipinski definition) is 3. The number of carboxylic acid groups (broad SMARTS) is 1. The third kappa shape index (κ3) is 3.44. The van der Waals surface area contributed by atoms with E-state index in [9.17, 15) is 20.1 Å². The van der Waals surface area contributed by atoms with Crippen molar-refractivity contribution in [2.75, 3.05) is 0 Å². The summed E-state index contributed by atoms with van der Waals surface area (Å²) in [5, 5.41) is 33.1. The maximum absolute atomic E-state index is 12.6. The number of nitrogens with zero attached hydrogens (tertiary/aromatic N) is 1. The Morgan fingerprint density at radius 2 is 1.73 bits per heavy atom. The molecule has 8 atom stereocenters. The molecule has 4 aliphatic carbocycles.